The highest BCUT2D eigenvalue weighted by atomic mass is 32.2. The molecule has 2 unspecified atom stereocenters. The Kier molecular flexibility index (Phi) is 4.30. The number of carboxylic acid groups (broad SMARTS) is 1. The van der Waals surface area contributed by atoms with Crippen molar-refractivity contribution in [1.82, 2.24) is 4.90 Å². The Labute approximate surface area is 112 Å². The van der Waals surface area contributed by atoms with E-state index in [-0.39, 0.29) is 12.0 Å². The van der Waals surface area contributed by atoms with Crippen molar-refractivity contribution in [2.45, 2.75) is 30.8 Å². The van der Waals surface area contributed by atoms with Gasteiger partial charge in [-0.3, -0.25) is 9.69 Å². The first-order valence-electron chi connectivity index (χ1n) is 6.26. The van der Waals surface area contributed by atoms with Crippen molar-refractivity contribution >= 4 is 17.7 Å². The summed E-state index contributed by atoms with van der Waals surface area (Å²) < 4.78 is 0. The fourth-order valence-corrected chi connectivity index (χ4v) is 2.86. The Morgan fingerprint density at radius 1 is 1.44 bits per heavy atom. The Morgan fingerprint density at radius 3 is 2.61 bits per heavy atom. The number of carboxylic acids is 1. The van der Waals surface area contributed by atoms with Gasteiger partial charge in [0.2, 0.25) is 0 Å². The zero-order chi connectivity index (χ0) is 13.1. The lowest BCUT2D eigenvalue weighted by Gasteiger charge is -2.16. The van der Waals surface area contributed by atoms with E-state index in [1.165, 1.54) is 10.5 Å². The van der Waals surface area contributed by atoms with Crippen LogP contribution in [0.5, 0.6) is 0 Å². The summed E-state index contributed by atoms with van der Waals surface area (Å²) >= 11 is 1.83. The predicted octanol–water partition coefficient (Wildman–Crippen LogP) is 2.70. The fourth-order valence-electron chi connectivity index (χ4n) is 2.20. The molecule has 1 aromatic rings. The van der Waals surface area contributed by atoms with Crippen molar-refractivity contribution < 1.29 is 9.90 Å². The van der Waals surface area contributed by atoms with E-state index in [9.17, 15) is 4.79 Å². The summed E-state index contributed by atoms with van der Waals surface area (Å²) in [4.78, 5) is 14.2. The summed E-state index contributed by atoms with van der Waals surface area (Å²) in [5.41, 5.74) is 1.24. The molecule has 3 nitrogen and oxygen atoms in total. The highest BCUT2D eigenvalue weighted by Gasteiger charge is 2.45. The van der Waals surface area contributed by atoms with E-state index in [0.29, 0.717) is 0 Å². The molecule has 0 aromatic heterocycles. The molecule has 0 heterocycles. The average Bonchev–Trinajstić information content (AvgIpc) is 3.12. The summed E-state index contributed by atoms with van der Waals surface area (Å²) in [5.74, 6) is 0.258. The van der Waals surface area contributed by atoms with Gasteiger partial charge in [0.05, 0.1) is 5.92 Å². The topological polar surface area (TPSA) is 40.5 Å². The maximum absolute atomic E-state index is 10.8. The van der Waals surface area contributed by atoms with Gasteiger partial charge in [-0.05, 0) is 36.9 Å². The van der Waals surface area contributed by atoms with Gasteiger partial charge in [0.25, 0.3) is 0 Å². The van der Waals surface area contributed by atoms with E-state index in [1.807, 2.05) is 18.8 Å². The van der Waals surface area contributed by atoms with Crippen LogP contribution in [0.1, 0.15) is 18.9 Å². The minimum Gasteiger partial charge on any atom is -0.481 e. The molecule has 1 saturated carbocycles. The van der Waals surface area contributed by atoms with Crippen molar-refractivity contribution in [3.8, 4) is 0 Å². The first-order chi connectivity index (χ1) is 8.61. The van der Waals surface area contributed by atoms with E-state index in [1.54, 1.807) is 0 Å². The van der Waals surface area contributed by atoms with Gasteiger partial charge in [0.1, 0.15) is 0 Å². The molecule has 0 aliphatic heterocycles. The zero-order valence-electron chi connectivity index (χ0n) is 10.8. The number of benzene rings is 1. The fraction of sp³-hybridized carbons (Fsp3) is 0.500. The summed E-state index contributed by atoms with van der Waals surface area (Å²) in [6, 6.07) is 8.75. The van der Waals surface area contributed by atoms with Gasteiger partial charge >= 0.3 is 5.97 Å². The van der Waals surface area contributed by atoms with E-state index >= 15 is 0 Å². The predicted molar refractivity (Wildman–Crippen MR) is 73.8 cm³/mol. The van der Waals surface area contributed by atoms with Crippen molar-refractivity contribution in [2.75, 3.05) is 12.8 Å². The van der Waals surface area contributed by atoms with E-state index in [4.69, 9.17) is 5.11 Å². The summed E-state index contributed by atoms with van der Waals surface area (Å²) in [6.07, 6.45) is 0.787. The minimum atomic E-state index is -0.665. The third-order valence-corrected chi connectivity index (χ3v) is 4.20. The average molecular weight is 265 g/mol. The molecule has 18 heavy (non-hydrogen) atoms. The smallest absolute Gasteiger partial charge is 0.308 e. The molecule has 2 rings (SSSR count). The Bertz CT molecular complexity index is 418. The van der Waals surface area contributed by atoms with Gasteiger partial charge < -0.3 is 5.11 Å². The van der Waals surface area contributed by atoms with Crippen molar-refractivity contribution in [1.29, 1.82) is 0 Å². The van der Waals surface area contributed by atoms with E-state index in [0.717, 1.165) is 18.7 Å². The Balaban J connectivity index is 1.88. The lowest BCUT2D eigenvalue weighted by Crippen LogP contribution is -2.23. The van der Waals surface area contributed by atoms with Crippen LogP contribution in [0, 0.1) is 5.92 Å². The number of hydrogen-bond acceptors (Lipinski definition) is 3. The molecular formula is C14H19NO2S. The van der Waals surface area contributed by atoms with Crippen LogP contribution in [0.2, 0.25) is 0 Å². The molecule has 0 amide bonds. The quantitative estimate of drug-likeness (QED) is 0.803. The second kappa shape index (κ2) is 5.76. The first-order valence-corrected chi connectivity index (χ1v) is 7.25. The lowest BCUT2D eigenvalue weighted by atomic mass is 10.2. The van der Waals surface area contributed by atoms with Crippen LogP contribution in [-0.2, 0) is 11.3 Å². The van der Waals surface area contributed by atoms with Crippen LogP contribution in [-0.4, -0.2) is 34.8 Å². The highest BCUT2D eigenvalue weighted by Crippen LogP contribution is 2.35. The van der Waals surface area contributed by atoms with Crippen LogP contribution in [0.25, 0.3) is 0 Å². The SMILES string of the molecule is CCSc1ccc(CN(C)C2CC2C(=O)O)cc1. The molecule has 1 aliphatic carbocycles. The molecule has 1 N–H and O–H groups in total. The standard InChI is InChI=1S/C14H19NO2S/c1-3-18-11-6-4-10(5-7-11)9-15(2)13-8-12(13)14(16)17/h4-7,12-13H,3,8-9H2,1-2H3,(H,16,17). The molecule has 2 atom stereocenters. The van der Waals surface area contributed by atoms with E-state index < -0.39 is 5.97 Å². The molecule has 4 heteroatoms. The maximum atomic E-state index is 10.8. The van der Waals surface area contributed by atoms with Crippen molar-refractivity contribution in [2.24, 2.45) is 5.92 Å². The Hall–Kier alpha value is -1.00. The molecule has 98 valence electrons. The van der Waals surface area contributed by atoms with Crippen LogP contribution in [0.15, 0.2) is 29.2 Å². The summed E-state index contributed by atoms with van der Waals surface area (Å²) in [6.45, 7) is 2.97. The van der Waals surface area contributed by atoms with Gasteiger partial charge in [-0.15, -0.1) is 11.8 Å². The highest BCUT2D eigenvalue weighted by molar-refractivity contribution is 7.99. The van der Waals surface area contributed by atoms with Crippen molar-refractivity contribution in [3.05, 3.63) is 29.8 Å². The second-order valence-corrected chi connectivity index (χ2v) is 6.08. The molecule has 1 fully saturated rings. The van der Waals surface area contributed by atoms with E-state index in [2.05, 4.69) is 36.1 Å². The zero-order valence-corrected chi connectivity index (χ0v) is 11.6. The van der Waals surface area contributed by atoms with Gasteiger partial charge in [0.15, 0.2) is 0 Å². The third kappa shape index (κ3) is 3.27. The number of carbonyl (C=O) groups is 1. The van der Waals surface area contributed by atoms with Gasteiger partial charge in [-0.25, -0.2) is 0 Å². The van der Waals surface area contributed by atoms with Crippen LogP contribution < -0.4 is 0 Å². The maximum Gasteiger partial charge on any atom is 0.308 e. The number of thioether (sulfide) groups is 1. The normalized spacial score (nSPS) is 22.2. The van der Waals surface area contributed by atoms with Gasteiger partial charge in [-0.2, -0.15) is 0 Å². The molecule has 1 aliphatic rings. The first kappa shape index (κ1) is 13.4. The second-order valence-electron chi connectivity index (χ2n) is 4.74. The molecule has 0 radical (unpaired) electrons. The van der Waals surface area contributed by atoms with Crippen LogP contribution in [0.4, 0.5) is 0 Å². The molecule has 1 aromatic carbocycles. The van der Waals surface area contributed by atoms with Crippen LogP contribution in [0.3, 0.4) is 0 Å². The number of hydrogen-bond donors (Lipinski definition) is 1. The molecular weight excluding hydrogens is 246 g/mol. The van der Waals surface area contributed by atoms with Gasteiger partial charge in [-0.1, -0.05) is 19.1 Å². The van der Waals surface area contributed by atoms with Gasteiger partial charge in [0, 0.05) is 17.5 Å². The summed E-state index contributed by atoms with van der Waals surface area (Å²) in [5, 5.41) is 8.90. The monoisotopic (exact) mass is 265 g/mol. The largest absolute Gasteiger partial charge is 0.481 e. The van der Waals surface area contributed by atoms with Crippen LogP contribution >= 0.6 is 11.8 Å². The Morgan fingerprint density at radius 2 is 2.11 bits per heavy atom. The summed E-state index contributed by atoms with van der Waals surface area (Å²) in [7, 11) is 2.00. The number of aliphatic carboxylic acids is 1. The molecule has 0 bridgehead atoms. The third-order valence-electron chi connectivity index (χ3n) is 3.31. The minimum absolute atomic E-state index is 0.162. The number of rotatable bonds is 6. The number of nitrogens with zero attached hydrogens (tertiary/aromatic N) is 1. The molecule has 0 spiro atoms. The lowest BCUT2D eigenvalue weighted by molar-refractivity contribution is -0.138. The molecule has 0 saturated heterocycles. The van der Waals surface area contributed by atoms with Crippen molar-refractivity contribution in [3.63, 3.8) is 0 Å².